The van der Waals surface area contributed by atoms with Gasteiger partial charge >= 0.3 is 0 Å². The fraction of sp³-hybridized carbons (Fsp3) is 0.286. The van der Waals surface area contributed by atoms with Gasteiger partial charge in [-0.2, -0.15) is 0 Å². The first-order chi connectivity index (χ1) is 18.6. The number of carbonyl (C=O) groups is 2. The number of methoxy groups -OCH3 is 1. The minimum atomic E-state index is -4.15. The molecule has 3 rings (SSSR count). The van der Waals surface area contributed by atoms with Gasteiger partial charge in [-0.3, -0.25) is 13.9 Å². The summed E-state index contributed by atoms with van der Waals surface area (Å²) in [5.41, 5.74) is 1.04. The van der Waals surface area contributed by atoms with Crippen LogP contribution >= 0.6 is 15.9 Å². The minimum Gasteiger partial charge on any atom is -0.497 e. The van der Waals surface area contributed by atoms with E-state index in [1.165, 1.54) is 24.1 Å². The van der Waals surface area contributed by atoms with E-state index >= 15 is 0 Å². The van der Waals surface area contributed by atoms with E-state index in [0.29, 0.717) is 18.1 Å². The Bertz CT molecular complexity index is 1360. The van der Waals surface area contributed by atoms with E-state index in [1.807, 2.05) is 6.92 Å². The third-order valence-electron chi connectivity index (χ3n) is 6.04. The smallest absolute Gasteiger partial charge is 0.264 e. The maximum Gasteiger partial charge on any atom is 0.264 e. The standard InChI is InChI=1S/C28H32BrN3O6S/c1-5-38-25-14-10-23(11-15-25)32(39(35,36)26-16-8-22(29)9-17-26)19-27(33)31(20(2)28(34)30-3)18-21-6-12-24(37-4)13-7-21/h6-17,20H,5,18-19H2,1-4H3,(H,30,34). The van der Waals surface area contributed by atoms with E-state index < -0.39 is 28.5 Å². The third-order valence-corrected chi connectivity index (χ3v) is 8.36. The number of hydrogen-bond acceptors (Lipinski definition) is 6. The Kier molecular flexibility index (Phi) is 10.4. The van der Waals surface area contributed by atoms with Gasteiger partial charge in [0.25, 0.3) is 10.0 Å². The molecule has 1 unspecified atom stereocenters. The van der Waals surface area contributed by atoms with Crippen molar-refractivity contribution in [2.75, 3.05) is 31.6 Å². The lowest BCUT2D eigenvalue weighted by Gasteiger charge is -2.31. The van der Waals surface area contributed by atoms with Gasteiger partial charge in [-0.25, -0.2) is 8.42 Å². The molecule has 0 aliphatic carbocycles. The summed E-state index contributed by atoms with van der Waals surface area (Å²) in [7, 11) is -1.11. The SMILES string of the molecule is CCOc1ccc(N(CC(=O)N(Cc2ccc(OC)cc2)C(C)C(=O)NC)S(=O)(=O)c2ccc(Br)cc2)cc1. The molecule has 1 N–H and O–H groups in total. The molecular formula is C28H32BrN3O6S. The van der Waals surface area contributed by atoms with E-state index in [9.17, 15) is 18.0 Å². The number of halogens is 1. The van der Waals surface area contributed by atoms with Gasteiger partial charge in [-0.15, -0.1) is 0 Å². The van der Waals surface area contributed by atoms with Gasteiger partial charge in [0, 0.05) is 18.1 Å². The topological polar surface area (TPSA) is 105 Å². The number of carbonyl (C=O) groups excluding carboxylic acids is 2. The van der Waals surface area contributed by atoms with Gasteiger partial charge in [-0.1, -0.05) is 28.1 Å². The number of benzene rings is 3. The Morgan fingerprint density at radius 3 is 2.08 bits per heavy atom. The molecule has 39 heavy (non-hydrogen) atoms. The summed E-state index contributed by atoms with van der Waals surface area (Å²) in [5.74, 6) is 0.304. The first kappa shape index (κ1) is 30.0. The first-order valence-corrected chi connectivity index (χ1v) is 14.5. The van der Waals surface area contributed by atoms with Crippen molar-refractivity contribution in [1.29, 1.82) is 0 Å². The Hall–Kier alpha value is -3.57. The van der Waals surface area contributed by atoms with Gasteiger partial charge in [0.15, 0.2) is 0 Å². The number of hydrogen-bond donors (Lipinski definition) is 1. The van der Waals surface area contributed by atoms with E-state index in [4.69, 9.17) is 9.47 Å². The third kappa shape index (κ3) is 7.51. The van der Waals surface area contributed by atoms with Crippen LogP contribution in [0.15, 0.2) is 82.2 Å². The van der Waals surface area contributed by atoms with Crippen LogP contribution in [0.2, 0.25) is 0 Å². The molecule has 0 bridgehead atoms. The molecule has 1 atom stereocenters. The zero-order chi connectivity index (χ0) is 28.6. The highest BCUT2D eigenvalue weighted by Gasteiger charge is 2.32. The van der Waals surface area contributed by atoms with Crippen LogP contribution in [0.1, 0.15) is 19.4 Å². The summed E-state index contributed by atoms with van der Waals surface area (Å²) in [5, 5.41) is 2.57. The van der Waals surface area contributed by atoms with Crippen LogP contribution in [-0.2, 0) is 26.2 Å². The van der Waals surface area contributed by atoms with Gasteiger partial charge in [0.05, 0.1) is 24.3 Å². The lowest BCUT2D eigenvalue weighted by Crippen LogP contribution is -2.50. The van der Waals surface area contributed by atoms with Crippen LogP contribution < -0.4 is 19.1 Å². The number of ether oxygens (including phenoxy) is 2. The van der Waals surface area contributed by atoms with Crippen molar-refractivity contribution in [2.24, 2.45) is 0 Å². The van der Waals surface area contributed by atoms with Crippen molar-refractivity contribution < 1.29 is 27.5 Å². The Labute approximate surface area is 237 Å². The first-order valence-electron chi connectivity index (χ1n) is 12.3. The second kappa shape index (κ2) is 13.5. The van der Waals surface area contributed by atoms with Gasteiger partial charge in [0.1, 0.15) is 24.1 Å². The minimum absolute atomic E-state index is 0.0217. The molecule has 9 nitrogen and oxygen atoms in total. The molecule has 0 heterocycles. The average Bonchev–Trinajstić information content (AvgIpc) is 2.94. The van der Waals surface area contributed by atoms with E-state index in [0.717, 1.165) is 14.3 Å². The number of rotatable bonds is 12. The molecule has 0 spiro atoms. The highest BCUT2D eigenvalue weighted by molar-refractivity contribution is 9.10. The summed E-state index contributed by atoms with van der Waals surface area (Å²) in [6, 6.07) is 18.9. The normalized spacial score (nSPS) is 11.8. The summed E-state index contributed by atoms with van der Waals surface area (Å²) < 4.78 is 40.1. The monoisotopic (exact) mass is 617 g/mol. The summed E-state index contributed by atoms with van der Waals surface area (Å²) >= 11 is 3.32. The van der Waals surface area contributed by atoms with Crippen molar-refractivity contribution in [3.05, 3.63) is 82.8 Å². The van der Waals surface area contributed by atoms with E-state index in [1.54, 1.807) is 74.7 Å². The van der Waals surface area contributed by atoms with Gasteiger partial charge in [-0.05, 0) is 80.1 Å². The molecule has 0 saturated heterocycles. The molecule has 0 fully saturated rings. The molecule has 0 saturated carbocycles. The van der Waals surface area contributed by atoms with Crippen LogP contribution in [0.25, 0.3) is 0 Å². The molecule has 0 aliphatic rings. The largest absolute Gasteiger partial charge is 0.497 e. The fourth-order valence-corrected chi connectivity index (χ4v) is 5.54. The molecule has 0 aromatic heterocycles. The van der Waals surface area contributed by atoms with Crippen LogP contribution in [0.4, 0.5) is 5.69 Å². The molecule has 2 amide bonds. The van der Waals surface area contributed by atoms with Crippen LogP contribution in [-0.4, -0.2) is 58.5 Å². The predicted octanol–water partition coefficient (Wildman–Crippen LogP) is 4.22. The van der Waals surface area contributed by atoms with E-state index in [2.05, 4.69) is 21.2 Å². The number of sulfonamides is 1. The number of nitrogens with zero attached hydrogens (tertiary/aromatic N) is 2. The molecular weight excluding hydrogens is 586 g/mol. The highest BCUT2D eigenvalue weighted by atomic mass is 79.9. The zero-order valence-electron chi connectivity index (χ0n) is 22.3. The molecule has 3 aromatic rings. The Morgan fingerprint density at radius 1 is 0.949 bits per heavy atom. The summed E-state index contributed by atoms with van der Waals surface area (Å²) in [4.78, 5) is 27.8. The zero-order valence-corrected chi connectivity index (χ0v) is 24.7. The van der Waals surface area contributed by atoms with Crippen LogP contribution in [0.5, 0.6) is 11.5 Å². The maximum atomic E-state index is 13.8. The maximum absolute atomic E-state index is 13.8. The van der Waals surface area contributed by atoms with Crippen LogP contribution in [0.3, 0.4) is 0 Å². The van der Waals surface area contributed by atoms with Crippen molar-refractivity contribution >= 4 is 43.5 Å². The van der Waals surface area contributed by atoms with Crippen LogP contribution in [0, 0.1) is 0 Å². The Morgan fingerprint density at radius 2 is 1.54 bits per heavy atom. The lowest BCUT2D eigenvalue weighted by atomic mass is 10.1. The van der Waals surface area contributed by atoms with Crippen molar-refractivity contribution in [3.63, 3.8) is 0 Å². The van der Waals surface area contributed by atoms with Gasteiger partial charge < -0.3 is 19.7 Å². The second-order valence-corrected chi connectivity index (χ2v) is 11.3. The highest BCUT2D eigenvalue weighted by Crippen LogP contribution is 2.27. The van der Waals surface area contributed by atoms with E-state index in [-0.39, 0.29) is 23.0 Å². The molecule has 0 aliphatic heterocycles. The summed E-state index contributed by atoms with van der Waals surface area (Å²) in [6.45, 7) is 3.47. The second-order valence-electron chi connectivity index (χ2n) is 8.55. The van der Waals surface area contributed by atoms with Crippen molar-refractivity contribution in [3.8, 4) is 11.5 Å². The number of amides is 2. The number of nitrogens with one attached hydrogen (secondary N) is 1. The fourth-order valence-electron chi connectivity index (χ4n) is 3.86. The number of likely N-dealkylation sites (N-methyl/N-ethyl adjacent to an activating group) is 1. The molecule has 11 heteroatoms. The van der Waals surface area contributed by atoms with Crippen molar-refractivity contribution in [1.82, 2.24) is 10.2 Å². The molecule has 3 aromatic carbocycles. The quantitative estimate of drug-likeness (QED) is 0.326. The molecule has 0 radical (unpaired) electrons. The predicted molar refractivity (Wildman–Crippen MR) is 153 cm³/mol. The molecule has 208 valence electrons. The van der Waals surface area contributed by atoms with Gasteiger partial charge in [0.2, 0.25) is 11.8 Å². The Balaban J connectivity index is 2.01. The average molecular weight is 619 g/mol. The van der Waals surface area contributed by atoms with Crippen molar-refractivity contribution in [2.45, 2.75) is 31.3 Å². The lowest BCUT2D eigenvalue weighted by molar-refractivity contribution is -0.139. The number of anilines is 1. The summed E-state index contributed by atoms with van der Waals surface area (Å²) in [6.07, 6.45) is 0.